The molecule has 0 aliphatic heterocycles. The lowest BCUT2D eigenvalue weighted by atomic mass is 9.97. The van der Waals surface area contributed by atoms with Crippen LogP contribution in [0.2, 0.25) is 0 Å². The van der Waals surface area contributed by atoms with Crippen LogP contribution in [-0.4, -0.2) is 22.9 Å². The lowest BCUT2D eigenvalue weighted by molar-refractivity contribution is -0.124. The van der Waals surface area contributed by atoms with Crippen molar-refractivity contribution in [1.29, 1.82) is 0 Å². The third-order valence-electron chi connectivity index (χ3n) is 3.52. The molecule has 21 heavy (non-hydrogen) atoms. The highest BCUT2D eigenvalue weighted by molar-refractivity contribution is 5.86. The predicted octanol–water partition coefficient (Wildman–Crippen LogP) is 3.37. The van der Waals surface area contributed by atoms with Crippen LogP contribution in [-0.2, 0) is 11.2 Å². The van der Waals surface area contributed by atoms with Crippen molar-refractivity contribution < 1.29 is 4.79 Å². The maximum Gasteiger partial charge on any atom is 0.152 e. The molecule has 1 unspecified atom stereocenters. The Morgan fingerprint density at radius 3 is 2.48 bits per heavy atom. The van der Waals surface area contributed by atoms with Gasteiger partial charge in [0.05, 0.1) is 11.6 Å². The molecule has 3 nitrogen and oxygen atoms in total. The van der Waals surface area contributed by atoms with Crippen molar-refractivity contribution in [1.82, 2.24) is 10.3 Å². The quantitative estimate of drug-likeness (QED) is 0.884. The Balaban J connectivity index is 2.23. The molecule has 0 saturated carbocycles. The number of carbonyl (C=O) groups is 1. The number of hydrogen-bond donors (Lipinski definition) is 1. The fourth-order valence-electron chi connectivity index (χ4n) is 2.48. The molecule has 2 rings (SSSR count). The van der Waals surface area contributed by atoms with Crippen LogP contribution in [0.25, 0.3) is 10.9 Å². The SMILES string of the molecule is CC(C)NC(Cc1ccc2ccccc2n1)C(=O)C(C)C. The van der Waals surface area contributed by atoms with Crippen LogP contribution in [0.5, 0.6) is 0 Å². The molecule has 0 fully saturated rings. The number of para-hydroxylation sites is 1. The molecule has 0 spiro atoms. The summed E-state index contributed by atoms with van der Waals surface area (Å²) in [6, 6.07) is 12.3. The van der Waals surface area contributed by atoms with Gasteiger partial charge in [-0.05, 0) is 12.1 Å². The molecule has 1 atom stereocenters. The van der Waals surface area contributed by atoms with Gasteiger partial charge >= 0.3 is 0 Å². The highest BCUT2D eigenvalue weighted by Crippen LogP contribution is 2.14. The van der Waals surface area contributed by atoms with E-state index in [1.54, 1.807) is 0 Å². The first-order valence-corrected chi connectivity index (χ1v) is 7.62. The number of pyridine rings is 1. The average molecular weight is 284 g/mol. The number of carbonyl (C=O) groups excluding carboxylic acids is 1. The van der Waals surface area contributed by atoms with Crippen LogP contribution in [0.1, 0.15) is 33.4 Å². The van der Waals surface area contributed by atoms with Crippen LogP contribution in [0.15, 0.2) is 36.4 Å². The molecule has 1 N–H and O–H groups in total. The fourth-order valence-corrected chi connectivity index (χ4v) is 2.48. The molecule has 3 heteroatoms. The van der Waals surface area contributed by atoms with Crippen molar-refractivity contribution in [2.75, 3.05) is 0 Å². The Kier molecular flexibility index (Phi) is 5.07. The number of ketones is 1. The second kappa shape index (κ2) is 6.81. The van der Waals surface area contributed by atoms with Gasteiger partial charge in [-0.25, -0.2) is 0 Å². The summed E-state index contributed by atoms with van der Waals surface area (Å²) >= 11 is 0. The van der Waals surface area contributed by atoms with Gasteiger partial charge in [-0.3, -0.25) is 9.78 Å². The number of benzene rings is 1. The fraction of sp³-hybridized carbons (Fsp3) is 0.444. The molecular weight excluding hydrogens is 260 g/mol. The number of rotatable bonds is 6. The van der Waals surface area contributed by atoms with E-state index in [-0.39, 0.29) is 23.8 Å². The van der Waals surface area contributed by atoms with Crippen LogP contribution in [0.3, 0.4) is 0 Å². The zero-order chi connectivity index (χ0) is 15.4. The second-order valence-corrected chi connectivity index (χ2v) is 6.13. The number of nitrogens with one attached hydrogen (secondary N) is 1. The lowest BCUT2D eigenvalue weighted by Crippen LogP contribution is -2.44. The highest BCUT2D eigenvalue weighted by atomic mass is 16.1. The maximum absolute atomic E-state index is 12.4. The molecule has 0 saturated heterocycles. The number of hydrogen-bond acceptors (Lipinski definition) is 3. The molecule has 112 valence electrons. The molecule has 1 aromatic heterocycles. The van der Waals surface area contributed by atoms with Crippen molar-refractivity contribution >= 4 is 16.7 Å². The van der Waals surface area contributed by atoms with Crippen LogP contribution in [0, 0.1) is 5.92 Å². The topological polar surface area (TPSA) is 42.0 Å². The number of nitrogens with zero attached hydrogens (tertiary/aromatic N) is 1. The van der Waals surface area contributed by atoms with E-state index in [2.05, 4.69) is 36.3 Å². The normalized spacial score (nSPS) is 13.0. The number of Topliss-reactive ketones (excluding diaryl/α,β-unsaturated/α-hetero) is 1. The van der Waals surface area contributed by atoms with E-state index in [0.29, 0.717) is 6.42 Å². The Bertz CT molecular complexity index is 619. The van der Waals surface area contributed by atoms with Crippen molar-refractivity contribution in [2.24, 2.45) is 5.92 Å². The molecule has 0 amide bonds. The summed E-state index contributed by atoms with van der Waals surface area (Å²) in [5.41, 5.74) is 1.94. The summed E-state index contributed by atoms with van der Waals surface area (Å²) in [7, 11) is 0. The standard InChI is InChI=1S/C18H24N2O/c1-12(2)18(21)17(19-13(3)4)11-15-10-9-14-7-5-6-8-16(14)20-15/h5-10,12-13,17,19H,11H2,1-4H3. The highest BCUT2D eigenvalue weighted by Gasteiger charge is 2.22. The average Bonchev–Trinajstić information content (AvgIpc) is 2.45. The van der Waals surface area contributed by atoms with Gasteiger partial charge < -0.3 is 5.32 Å². The molecule has 0 aliphatic carbocycles. The molecule has 1 aromatic carbocycles. The summed E-state index contributed by atoms with van der Waals surface area (Å²) in [6.45, 7) is 8.03. The minimum atomic E-state index is -0.168. The summed E-state index contributed by atoms with van der Waals surface area (Å²) in [6.07, 6.45) is 0.639. The Labute approximate surface area is 126 Å². The largest absolute Gasteiger partial charge is 0.305 e. The van der Waals surface area contributed by atoms with Gasteiger partial charge in [-0.1, -0.05) is 52.0 Å². The molecule has 0 aliphatic rings. The van der Waals surface area contributed by atoms with Crippen LogP contribution < -0.4 is 5.32 Å². The summed E-state index contributed by atoms with van der Waals surface area (Å²) < 4.78 is 0. The lowest BCUT2D eigenvalue weighted by Gasteiger charge is -2.21. The first-order valence-electron chi connectivity index (χ1n) is 7.62. The van der Waals surface area contributed by atoms with Crippen molar-refractivity contribution in [3.63, 3.8) is 0 Å². The van der Waals surface area contributed by atoms with Gasteiger partial charge in [0.25, 0.3) is 0 Å². The molecule has 0 radical (unpaired) electrons. The first-order chi connectivity index (χ1) is 9.97. The first kappa shape index (κ1) is 15.6. The van der Waals surface area contributed by atoms with Crippen molar-refractivity contribution in [2.45, 2.75) is 46.2 Å². The monoisotopic (exact) mass is 284 g/mol. The smallest absolute Gasteiger partial charge is 0.152 e. The van der Waals surface area contributed by atoms with Gasteiger partial charge in [0.2, 0.25) is 0 Å². The van der Waals surface area contributed by atoms with E-state index in [1.807, 2.05) is 38.1 Å². The summed E-state index contributed by atoms with van der Waals surface area (Å²) in [5, 5.41) is 4.50. The van der Waals surface area contributed by atoms with E-state index in [0.717, 1.165) is 16.6 Å². The molecular formula is C18H24N2O. The van der Waals surface area contributed by atoms with E-state index in [1.165, 1.54) is 0 Å². The third-order valence-corrected chi connectivity index (χ3v) is 3.52. The summed E-state index contributed by atoms with van der Waals surface area (Å²) in [5.74, 6) is 0.278. The minimum absolute atomic E-state index is 0.0294. The van der Waals surface area contributed by atoms with Gasteiger partial charge in [-0.15, -0.1) is 0 Å². The Morgan fingerprint density at radius 1 is 1.10 bits per heavy atom. The van der Waals surface area contributed by atoms with E-state index in [4.69, 9.17) is 0 Å². The summed E-state index contributed by atoms with van der Waals surface area (Å²) in [4.78, 5) is 17.0. The van der Waals surface area contributed by atoms with E-state index < -0.39 is 0 Å². The minimum Gasteiger partial charge on any atom is -0.305 e. The van der Waals surface area contributed by atoms with Gasteiger partial charge in [0, 0.05) is 29.5 Å². The van der Waals surface area contributed by atoms with E-state index in [9.17, 15) is 4.79 Å². The predicted molar refractivity (Wildman–Crippen MR) is 87.4 cm³/mol. The zero-order valence-electron chi connectivity index (χ0n) is 13.3. The van der Waals surface area contributed by atoms with Gasteiger partial charge in [0.1, 0.15) is 0 Å². The van der Waals surface area contributed by atoms with Crippen molar-refractivity contribution in [3.8, 4) is 0 Å². The molecule has 0 bridgehead atoms. The third kappa shape index (κ3) is 4.11. The Morgan fingerprint density at radius 2 is 1.81 bits per heavy atom. The number of fused-ring (bicyclic) bond motifs is 1. The van der Waals surface area contributed by atoms with E-state index >= 15 is 0 Å². The van der Waals surface area contributed by atoms with Crippen LogP contribution in [0.4, 0.5) is 0 Å². The molecule has 1 heterocycles. The number of aromatic nitrogens is 1. The molecule has 2 aromatic rings. The van der Waals surface area contributed by atoms with Crippen molar-refractivity contribution in [3.05, 3.63) is 42.1 Å². The second-order valence-electron chi connectivity index (χ2n) is 6.13. The maximum atomic E-state index is 12.4. The van der Waals surface area contributed by atoms with Crippen LogP contribution >= 0.6 is 0 Å². The Hall–Kier alpha value is -1.74. The van der Waals surface area contributed by atoms with Gasteiger partial charge in [-0.2, -0.15) is 0 Å². The van der Waals surface area contributed by atoms with Gasteiger partial charge in [0.15, 0.2) is 5.78 Å². The zero-order valence-corrected chi connectivity index (χ0v) is 13.3.